The summed E-state index contributed by atoms with van der Waals surface area (Å²) in [4.78, 5) is 14.6. The van der Waals surface area contributed by atoms with E-state index in [1.165, 1.54) is 10.6 Å². The molecule has 2 aromatic carbocycles. The Hall–Kier alpha value is -1.94. The van der Waals surface area contributed by atoms with E-state index < -0.39 is 5.97 Å². The Labute approximate surface area is 128 Å². The van der Waals surface area contributed by atoms with Crippen molar-refractivity contribution in [1.82, 2.24) is 0 Å². The van der Waals surface area contributed by atoms with Gasteiger partial charge in [-0.3, -0.25) is 0 Å². The first-order chi connectivity index (χ1) is 10.2. The minimum absolute atomic E-state index is 0.384. The second-order valence-electron chi connectivity index (χ2n) is 5.05. The summed E-state index contributed by atoms with van der Waals surface area (Å²) in [5, 5.41) is 9.03. The Morgan fingerprint density at radius 1 is 1.19 bits per heavy atom. The maximum atomic E-state index is 11.0. The number of hydrogen-bond acceptors (Lipinski definition) is 3. The zero-order chi connectivity index (χ0) is 14.7. The summed E-state index contributed by atoms with van der Waals surface area (Å²) < 4.78 is 0. The number of carboxylic acids is 1. The number of anilines is 1. The van der Waals surface area contributed by atoms with E-state index >= 15 is 0 Å². The first-order valence-electron chi connectivity index (χ1n) is 7.03. The predicted molar refractivity (Wildman–Crippen MR) is 86.5 cm³/mol. The van der Waals surface area contributed by atoms with E-state index in [-0.39, 0.29) is 0 Å². The van der Waals surface area contributed by atoms with Crippen molar-refractivity contribution >= 4 is 23.4 Å². The Morgan fingerprint density at radius 2 is 2.00 bits per heavy atom. The van der Waals surface area contributed by atoms with Gasteiger partial charge in [0.2, 0.25) is 0 Å². The first-order valence-corrected chi connectivity index (χ1v) is 8.01. The lowest BCUT2D eigenvalue weighted by Gasteiger charge is -2.19. The van der Waals surface area contributed by atoms with Crippen molar-refractivity contribution in [3.8, 4) is 0 Å². The second kappa shape index (κ2) is 6.22. The summed E-state index contributed by atoms with van der Waals surface area (Å²) in [6.07, 6.45) is 0.937. The molecule has 4 heteroatoms. The van der Waals surface area contributed by atoms with E-state index in [2.05, 4.69) is 29.2 Å². The van der Waals surface area contributed by atoms with Crippen molar-refractivity contribution in [1.29, 1.82) is 0 Å². The average molecular weight is 299 g/mol. The lowest BCUT2D eigenvalue weighted by molar-refractivity contribution is 0.0697. The van der Waals surface area contributed by atoms with Crippen LogP contribution in [0.25, 0.3) is 0 Å². The van der Waals surface area contributed by atoms with Gasteiger partial charge in [0.05, 0.1) is 5.56 Å². The summed E-state index contributed by atoms with van der Waals surface area (Å²) in [6, 6.07) is 15.8. The van der Waals surface area contributed by atoms with Gasteiger partial charge in [-0.05, 0) is 42.3 Å². The van der Waals surface area contributed by atoms with E-state index in [0.717, 1.165) is 30.8 Å². The summed E-state index contributed by atoms with van der Waals surface area (Å²) >= 11 is 1.85. The molecule has 3 rings (SSSR count). The van der Waals surface area contributed by atoms with Crippen LogP contribution >= 0.6 is 11.8 Å². The minimum atomic E-state index is -0.851. The Morgan fingerprint density at radius 3 is 2.76 bits per heavy atom. The van der Waals surface area contributed by atoms with Crippen LogP contribution in [-0.2, 0) is 6.42 Å². The number of thioether (sulfide) groups is 1. The molecule has 108 valence electrons. The number of nitrogens with zero attached hydrogens (tertiary/aromatic N) is 1. The number of fused-ring (bicyclic) bond motifs is 1. The summed E-state index contributed by atoms with van der Waals surface area (Å²) in [5.41, 5.74) is 2.72. The molecule has 0 spiro atoms. The van der Waals surface area contributed by atoms with Gasteiger partial charge in [0.15, 0.2) is 0 Å². The fourth-order valence-electron chi connectivity index (χ4n) is 2.63. The molecule has 1 N–H and O–H groups in total. The molecule has 0 saturated carbocycles. The molecule has 0 aromatic heterocycles. The molecule has 0 aliphatic carbocycles. The summed E-state index contributed by atoms with van der Waals surface area (Å²) in [6.45, 7) is 1.97. The van der Waals surface area contributed by atoms with Crippen molar-refractivity contribution in [2.75, 3.05) is 23.7 Å². The SMILES string of the molecule is O=C(O)c1ccc2c(c1)CCN2CCSc1ccccc1. The maximum Gasteiger partial charge on any atom is 0.335 e. The highest BCUT2D eigenvalue weighted by Gasteiger charge is 2.19. The van der Waals surface area contributed by atoms with Gasteiger partial charge in [-0.25, -0.2) is 4.79 Å². The van der Waals surface area contributed by atoms with Crippen molar-refractivity contribution in [3.63, 3.8) is 0 Å². The molecule has 0 unspecified atom stereocenters. The third kappa shape index (κ3) is 3.22. The Bertz CT molecular complexity index is 642. The zero-order valence-corrected chi connectivity index (χ0v) is 12.5. The largest absolute Gasteiger partial charge is 0.478 e. The molecular weight excluding hydrogens is 282 g/mol. The highest BCUT2D eigenvalue weighted by atomic mass is 32.2. The highest BCUT2D eigenvalue weighted by molar-refractivity contribution is 7.99. The number of benzene rings is 2. The lowest BCUT2D eigenvalue weighted by atomic mass is 10.1. The highest BCUT2D eigenvalue weighted by Crippen LogP contribution is 2.29. The molecule has 0 amide bonds. The monoisotopic (exact) mass is 299 g/mol. The van der Waals surface area contributed by atoms with Crippen LogP contribution in [0.2, 0.25) is 0 Å². The molecule has 0 saturated heterocycles. The molecule has 1 heterocycles. The molecule has 0 fully saturated rings. The quantitative estimate of drug-likeness (QED) is 0.857. The molecular formula is C17H17NO2S. The van der Waals surface area contributed by atoms with Gasteiger partial charge >= 0.3 is 5.97 Å². The third-order valence-electron chi connectivity index (χ3n) is 3.69. The van der Waals surface area contributed by atoms with Crippen LogP contribution in [0, 0.1) is 0 Å². The summed E-state index contributed by atoms with van der Waals surface area (Å²) in [7, 11) is 0. The van der Waals surface area contributed by atoms with E-state index in [0.29, 0.717) is 5.56 Å². The van der Waals surface area contributed by atoms with E-state index in [1.54, 1.807) is 6.07 Å². The van der Waals surface area contributed by atoms with E-state index in [4.69, 9.17) is 5.11 Å². The molecule has 0 radical (unpaired) electrons. The average Bonchev–Trinajstić information content (AvgIpc) is 2.91. The number of carbonyl (C=O) groups is 1. The number of aromatic carboxylic acids is 1. The van der Waals surface area contributed by atoms with Gasteiger partial charge in [0, 0.05) is 29.4 Å². The van der Waals surface area contributed by atoms with Crippen LogP contribution in [0.15, 0.2) is 53.4 Å². The topological polar surface area (TPSA) is 40.5 Å². The van der Waals surface area contributed by atoms with Crippen molar-refractivity contribution in [2.24, 2.45) is 0 Å². The number of hydrogen-bond donors (Lipinski definition) is 1. The van der Waals surface area contributed by atoms with E-state index in [1.807, 2.05) is 30.0 Å². The number of carboxylic acid groups (broad SMARTS) is 1. The molecule has 1 aliphatic rings. The fraction of sp³-hybridized carbons (Fsp3) is 0.235. The molecule has 0 atom stereocenters. The minimum Gasteiger partial charge on any atom is -0.478 e. The van der Waals surface area contributed by atoms with Gasteiger partial charge in [-0.1, -0.05) is 18.2 Å². The van der Waals surface area contributed by atoms with Crippen molar-refractivity contribution in [3.05, 3.63) is 59.7 Å². The molecule has 1 aliphatic heterocycles. The first kappa shape index (κ1) is 14.0. The van der Waals surface area contributed by atoms with Crippen molar-refractivity contribution in [2.45, 2.75) is 11.3 Å². The smallest absolute Gasteiger partial charge is 0.335 e. The standard InChI is InChI=1S/C17H17NO2S/c19-17(20)14-6-7-16-13(12-14)8-9-18(16)10-11-21-15-4-2-1-3-5-15/h1-7,12H,8-11H2,(H,19,20). The van der Waals surface area contributed by atoms with Gasteiger partial charge in [0.1, 0.15) is 0 Å². The van der Waals surface area contributed by atoms with Crippen molar-refractivity contribution < 1.29 is 9.90 Å². The van der Waals surface area contributed by atoms with Crippen LogP contribution in [0.1, 0.15) is 15.9 Å². The van der Waals surface area contributed by atoms with Crippen LogP contribution < -0.4 is 4.90 Å². The molecule has 0 bridgehead atoms. The van der Waals surface area contributed by atoms with Gasteiger partial charge < -0.3 is 10.0 Å². The lowest BCUT2D eigenvalue weighted by Crippen LogP contribution is -2.23. The Balaban J connectivity index is 1.61. The Kier molecular flexibility index (Phi) is 4.15. The molecule has 21 heavy (non-hydrogen) atoms. The zero-order valence-electron chi connectivity index (χ0n) is 11.7. The van der Waals surface area contributed by atoms with Crippen LogP contribution in [0.3, 0.4) is 0 Å². The normalized spacial score (nSPS) is 13.2. The van der Waals surface area contributed by atoms with Crippen LogP contribution in [0.5, 0.6) is 0 Å². The summed E-state index contributed by atoms with van der Waals surface area (Å²) in [5.74, 6) is 0.181. The molecule has 2 aromatic rings. The second-order valence-corrected chi connectivity index (χ2v) is 6.22. The third-order valence-corrected chi connectivity index (χ3v) is 4.68. The predicted octanol–water partition coefficient (Wildman–Crippen LogP) is 3.54. The molecule has 3 nitrogen and oxygen atoms in total. The maximum absolute atomic E-state index is 11.0. The van der Waals surface area contributed by atoms with Gasteiger partial charge in [-0.2, -0.15) is 0 Å². The fourth-order valence-corrected chi connectivity index (χ4v) is 3.52. The van der Waals surface area contributed by atoms with Gasteiger partial charge in [-0.15, -0.1) is 11.8 Å². The van der Waals surface area contributed by atoms with Gasteiger partial charge in [0.25, 0.3) is 0 Å². The van der Waals surface area contributed by atoms with Crippen LogP contribution in [0.4, 0.5) is 5.69 Å². The van der Waals surface area contributed by atoms with E-state index in [9.17, 15) is 4.79 Å². The van der Waals surface area contributed by atoms with Crippen LogP contribution in [-0.4, -0.2) is 29.9 Å². The number of rotatable bonds is 5.